The maximum atomic E-state index is 10.6. The summed E-state index contributed by atoms with van der Waals surface area (Å²) >= 11 is 0. The van der Waals surface area contributed by atoms with Gasteiger partial charge in [0.15, 0.2) is 0 Å². The quantitative estimate of drug-likeness (QED) is 0.736. The molecule has 0 fully saturated rings. The first-order valence-corrected chi connectivity index (χ1v) is 3.85. The van der Waals surface area contributed by atoms with Crippen molar-refractivity contribution in [3.63, 3.8) is 0 Å². The van der Waals surface area contributed by atoms with E-state index in [1.54, 1.807) is 30.1 Å². The summed E-state index contributed by atoms with van der Waals surface area (Å²) in [4.78, 5) is 10.6. The van der Waals surface area contributed by atoms with Crippen LogP contribution < -0.4 is 0 Å². The summed E-state index contributed by atoms with van der Waals surface area (Å²) in [5.41, 5.74) is 0. The van der Waals surface area contributed by atoms with E-state index in [4.69, 9.17) is 5.11 Å². The van der Waals surface area contributed by atoms with Gasteiger partial charge in [-0.1, -0.05) is 0 Å². The van der Waals surface area contributed by atoms with Crippen LogP contribution in [0.2, 0.25) is 0 Å². The molecule has 4 heteroatoms. The summed E-state index contributed by atoms with van der Waals surface area (Å²) in [6.07, 6.45) is 3.41. The predicted octanol–water partition coefficient (Wildman–Crippen LogP) is 1.16. The molecule has 0 radical (unpaired) electrons. The third-order valence-corrected chi connectivity index (χ3v) is 2.06. The van der Waals surface area contributed by atoms with E-state index >= 15 is 0 Å². The molecule has 2 atom stereocenters. The standard InChI is InChI=1S/C8H12N2O2/c1-6(8(11)12)7(2)10-5-3-4-9-10/h3-7H,1-2H3,(H,11,12). The Hall–Kier alpha value is -1.32. The summed E-state index contributed by atoms with van der Waals surface area (Å²) in [6.45, 7) is 3.51. The number of hydrogen-bond donors (Lipinski definition) is 1. The van der Waals surface area contributed by atoms with Crippen LogP contribution in [0.5, 0.6) is 0 Å². The third kappa shape index (κ3) is 1.64. The Bertz CT molecular complexity index is 256. The fourth-order valence-corrected chi connectivity index (χ4v) is 0.957. The zero-order valence-corrected chi connectivity index (χ0v) is 7.14. The van der Waals surface area contributed by atoms with Gasteiger partial charge in [-0.3, -0.25) is 9.48 Å². The first-order valence-electron chi connectivity index (χ1n) is 3.85. The summed E-state index contributed by atoms with van der Waals surface area (Å²) < 4.78 is 1.65. The van der Waals surface area contributed by atoms with Crippen LogP contribution in [0.25, 0.3) is 0 Å². The van der Waals surface area contributed by atoms with Crippen molar-refractivity contribution in [2.24, 2.45) is 5.92 Å². The second kappa shape index (κ2) is 3.38. The van der Waals surface area contributed by atoms with Gasteiger partial charge in [0.25, 0.3) is 0 Å². The van der Waals surface area contributed by atoms with Crippen molar-refractivity contribution in [1.82, 2.24) is 9.78 Å². The van der Waals surface area contributed by atoms with E-state index in [2.05, 4.69) is 5.10 Å². The topological polar surface area (TPSA) is 55.1 Å². The van der Waals surface area contributed by atoms with Crippen molar-refractivity contribution >= 4 is 5.97 Å². The molecule has 1 aromatic rings. The molecule has 1 N–H and O–H groups in total. The number of rotatable bonds is 3. The lowest BCUT2D eigenvalue weighted by molar-refractivity contribution is -0.142. The van der Waals surface area contributed by atoms with E-state index in [1.165, 1.54) is 0 Å². The van der Waals surface area contributed by atoms with E-state index in [0.29, 0.717) is 0 Å². The highest BCUT2D eigenvalue weighted by Crippen LogP contribution is 2.15. The lowest BCUT2D eigenvalue weighted by Crippen LogP contribution is -2.21. The normalized spacial score (nSPS) is 15.5. The van der Waals surface area contributed by atoms with Gasteiger partial charge in [0.1, 0.15) is 0 Å². The Balaban J connectivity index is 2.71. The highest BCUT2D eigenvalue weighted by Gasteiger charge is 2.20. The van der Waals surface area contributed by atoms with Crippen molar-refractivity contribution in [2.75, 3.05) is 0 Å². The monoisotopic (exact) mass is 168 g/mol. The van der Waals surface area contributed by atoms with Crippen molar-refractivity contribution in [3.8, 4) is 0 Å². The van der Waals surface area contributed by atoms with Gasteiger partial charge in [0.2, 0.25) is 0 Å². The number of nitrogens with zero attached hydrogens (tertiary/aromatic N) is 2. The van der Waals surface area contributed by atoms with E-state index in [0.717, 1.165) is 0 Å². The molecule has 1 heterocycles. The molecule has 0 saturated carbocycles. The highest BCUT2D eigenvalue weighted by atomic mass is 16.4. The van der Waals surface area contributed by atoms with E-state index in [9.17, 15) is 4.79 Å². The summed E-state index contributed by atoms with van der Waals surface area (Å²) in [7, 11) is 0. The van der Waals surface area contributed by atoms with Gasteiger partial charge in [-0.05, 0) is 19.9 Å². The maximum Gasteiger partial charge on any atom is 0.308 e. The number of aromatic nitrogens is 2. The molecular weight excluding hydrogens is 156 g/mol. The van der Waals surface area contributed by atoms with Crippen molar-refractivity contribution in [3.05, 3.63) is 18.5 Å². The van der Waals surface area contributed by atoms with Crippen LogP contribution in [0.15, 0.2) is 18.5 Å². The molecule has 1 aromatic heterocycles. The average Bonchev–Trinajstić information content (AvgIpc) is 2.53. The zero-order valence-electron chi connectivity index (χ0n) is 7.14. The van der Waals surface area contributed by atoms with Gasteiger partial charge >= 0.3 is 5.97 Å². The molecule has 12 heavy (non-hydrogen) atoms. The SMILES string of the molecule is CC(C(=O)O)C(C)n1cccn1. The van der Waals surface area contributed by atoms with Crippen LogP contribution >= 0.6 is 0 Å². The van der Waals surface area contributed by atoms with Gasteiger partial charge in [-0.25, -0.2) is 0 Å². The molecule has 0 spiro atoms. The number of carbonyl (C=O) groups is 1. The minimum atomic E-state index is -0.794. The lowest BCUT2D eigenvalue weighted by Gasteiger charge is -2.15. The molecule has 0 aliphatic rings. The van der Waals surface area contributed by atoms with E-state index in [1.807, 2.05) is 6.92 Å². The smallest absolute Gasteiger partial charge is 0.308 e. The van der Waals surface area contributed by atoms with Crippen LogP contribution in [0.3, 0.4) is 0 Å². The Kier molecular flexibility index (Phi) is 2.47. The molecule has 0 saturated heterocycles. The molecular formula is C8H12N2O2. The zero-order chi connectivity index (χ0) is 9.14. The molecule has 4 nitrogen and oxygen atoms in total. The molecule has 0 aliphatic heterocycles. The fraction of sp³-hybridized carbons (Fsp3) is 0.500. The van der Waals surface area contributed by atoms with Crippen LogP contribution in [-0.2, 0) is 4.79 Å². The van der Waals surface area contributed by atoms with Crippen LogP contribution in [-0.4, -0.2) is 20.9 Å². The first-order chi connectivity index (χ1) is 5.63. The van der Waals surface area contributed by atoms with Gasteiger partial charge in [0, 0.05) is 12.4 Å². The molecule has 0 aliphatic carbocycles. The molecule has 0 aromatic carbocycles. The molecule has 0 bridgehead atoms. The predicted molar refractivity (Wildman–Crippen MR) is 43.7 cm³/mol. The number of aliphatic carboxylic acids is 1. The minimum Gasteiger partial charge on any atom is -0.481 e. The number of carboxylic acid groups (broad SMARTS) is 1. The molecule has 2 unspecified atom stereocenters. The van der Waals surface area contributed by atoms with Gasteiger partial charge < -0.3 is 5.11 Å². The average molecular weight is 168 g/mol. The van der Waals surface area contributed by atoms with Gasteiger partial charge in [-0.15, -0.1) is 0 Å². The summed E-state index contributed by atoms with van der Waals surface area (Å²) in [6, 6.07) is 1.68. The van der Waals surface area contributed by atoms with Crippen molar-refractivity contribution in [2.45, 2.75) is 19.9 Å². The van der Waals surface area contributed by atoms with Gasteiger partial charge in [-0.2, -0.15) is 5.10 Å². The minimum absolute atomic E-state index is 0.0995. The lowest BCUT2D eigenvalue weighted by atomic mass is 10.1. The number of hydrogen-bond acceptors (Lipinski definition) is 2. The Morgan fingerprint density at radius 1 is 1.58 bits per heavy atom. The molecule has 1 rings (SSSR count). The Labute approximate surface area is 70.8 Å². The van der Waals surface area contributed by atoms with Crippen molar-refractivity contribution < 1.29 is 9.90 Å². The maximum absolute atomic E-state index is 10.6. The summed E-state index contributed by atoms with van der Waals surface area (Å²) in [5, 5.41) is 12.7. The van der Waals surface area contributed by atoms with Crippen LogP contribution in [0.1, 0.15) is 19.9 Å². The van der Waals surface area contributed by atoms with E-state index in [-0.39, 0.29) is 6.04 Å². The molecule has 66 valence electrons. The third-order valence-electron chi connectivity index (χ3n) is 2.06. The molecule has 0 amide bonds. The Morgan fingerprint density at radius 3 is 2.67 bits per heavy atom. The Morgan fingerprint density at radius 2 is 2.25 bits per heavy atom. The summed E-state index contributed by atoms with van der Waals surface area (Å²) in [5.74, 6) is -1.21. The van der Waals surface area contributed by atoms with E-state index < -0.39 is 11.9 Å². The number of carboxylic acids is 1. The van der Waals surface area contributed by atoms with Crippen LogP contribution in [0, 0.1) is 5.92 Å². The van der Waals surface area contributed by atoms with Crippen molar-refractivity contribution in [1.29, 1.82) is 0 Å². The van der Waals surface area contributed by atoms with Gasteiger partial charge in [0.05, 0.1) is 12.0 Å². The fourth-order valence-electron chi connectivity index (χ4n) is 0.957. The largest absolute Gasteiger partial charge is 0.481 e. The first kappa shape index (κ1) is 8.77. The second-order valence-corrected chi connectivity index (χ2v) is 2.85. The second-order valence-electron chi connectivity index (χ2n) is 2.85. The highest BCUT2D eigenvalue weighted by molar-refractivity contribution is 5.70. The van der Waals surface area contributed by atoms with Crippen LogP contribution in [0.4, 0.5) is 0 Å².